The first-order chi connectivity index (χ1) is 18.1. The minimum absolute atomic E-state index is 0.0117. The lowest BCUT2D eigenvalue weighted by molar-refractivity contribution is -0.144. The molecule has 1 unspecified atom stereocenters. The standard InChI is InChI=1S/C29H35F5N2O3/c1-8-35-22(12-15(3)4)28(38)36-21(14-23(37)39-9-2)25-26(30)19(13-20(27(25)31)29(32,33)34)24-17(6)11-10-16(5)18(24)7/h8,10-11,13,15,21-22,35H,1,9,12,14H2,2-7H3,(H,36,38)/t21-,22?/m0/s1. The van der Waals surface area contributed by atoms with Crippen molar-refractivity contribution in [2.45, 2.75) is 72.6 Å². The first kappa shape index (κ1) is 31.8. The maximum absolute atomic E-state index is 16.2. The van der Waals surface area contributed by atoms with Gasteiger partial charge in [-0.3, -0.25) is 9.59 Å². The Morgan fingerprint density at radius 3 is 2.23 bits per heavy atom. The van der Waals surface area contributed by atoms with Crippen molar-refractivity contribution < 1.29 is 36.3 Å². The van der Waals surface area contributed by atoms with Crippen molar-refractivity contribution in [1.82, 2.24) is 10.6 Å². The molecule has 0 heterocycles. The number of aryl methyl sites for hydroxylation is 2. The molecule has 0 aliphatic rings. The third-order valence-corrected chi connectivity index (χ3v) is 6.44. The van der Waals surface area contributed by atoms with E-state index in [1.54, 1.807) is 32.9 Å². The number of halogens is 5. The van der Waals surface area contributed by atoms with Crippen molar-refractivity contribution in [2.24, 2.45) is 5.92 Å². The summed E-state index contributed by atoms with van der Waals surface area (Å²) in [6.07, 6.45) is -4.43. The van der Waals surface area contributed by atoms with Gasteiger partial charge in [-0.1, -0.05) is 32.6 Å². The predicted molar refractivity (Wildman–Crippen MR) is 140 cm³/mol. The number of alkyl halides is 3. The van der Waals surface area contributed by atoms with Gasteiger partial charge in [-0.15, -0.1) is 0 Å². The summed E-state index contributed by atoms with van der Waals surface area (Å²) < 4.78 is 78.9. The third-order valence-electron chi connectivity index (χ3n) is 6.44. The predicted octanol–water partition coefficient (Wildman–Crippen LogP) is 6.83. The molecule has 2 aromatic rings. The molecule has 10 heteroatoms. The van der Waals surface area contributed by atoms with Crippen molar-refractivity contribution in [3.63, 3.8) is 0 Å². The molecule has 5 nitrogen and oxygen atoms in total. The topological polar surface area (TPSA) is 67.4 Å². The molecule has 0 aliphatic heterocycles. The first-order valence-corrected chi connectivity index (χ1v) is 12.6. The number of hydrogen-bond acceptors (Lipinski definition) is 4. The maximum Gasteiger partial charge on any atom is 0.419 e. The van der Waals surface area contributed by atoms with Gasteiger partial charge < -0.3 is 15.4 Å². The van der Waals surface area contributed by atoms with Gasteiger partial charge in [0.2, 0.25) is 5.91 Å². The zero-order valence-electron chi connectivity index (χ0n) is 23.0. The van der Waals surface area contributed by atoms with Crippen molar-refractivity contribution in [3.05, 3.63) is 70.4 Å². The van der Waals surface area contributed by atoms with Crippen molar-refractivity contribution in [3.8, 4) is 11.1 Å². The molecule has 2 N–H and O–H groups in total. The molecule has 2 rings (SSSR count). The zero-order valence-corrected chi connectivity index (χ0v) is 23.0. The van der Waals surface area contributed by atoms with Crippen LogP contribution in [0.3, 0.4) is 0 Å². The highest BCUT2D eigenvalue weighted by atomic mass is 19.4. The van der Waals surface area contributed by atoms with Crippen molar-refractivity contribution in [1.29, 1.82) is 0 Å². The fraction of sp³-hybridized carbons (Fsp3) is 0.448. The van der Waals surface area contributed by atoms with E-state index in [4.69, 9.17) is 4.74 Å². The Labute approximate surface area is 225 Å². The Balaban J connectivity index is 2.86. The molecule has 0 fully saturated rings. The zero-order chi connectivity index (χ0) is 29.7. The Morgan fingerprint density at radius 2 is 1.69 bits per heavy atom. The van der Waals surface area contributed by atoms with Gasteiger partial charge in [0.25, 0.3) is 0 Å². The fourth-order valence-electron chi connectivity index (χ4n) is 4.47. The number of esters is 1. The van der Waals surface area contributed by atoms with Gasteiger partial charge in [-0.05, 0) is 74.6 Å². The molecule has 0 spiro atoms. The SMILES string of the molecule is C=CNC(CC(C)C)C(=O)N[C@@H](CC(=O)OCC)c1c(F)c(-c2c(C)ccc(C)c2C)cc(C(F)(F)F)c1F. The van der Waals surface area contributed by atoms with Gasteiger partial charge in [0.15, 0.2) is 0 Å². The average Bonchev–Trinajstić information content (AvgIpc) is 2.81. The third kappa shape index (κ3) is 7.58. The monoisotopic (exact) mass is 554 g/mol. The van der Waals surface area contributed by atoms with E-state index >= 15 is 8.78 Å². The van der Waals surface area contributed by atoms with E-state index in [9.17, 15) is 22.8 Å². The molecular formula is C29H35F5N2O3. The van der Waals surface area contributed by atoms with Crippen LogP contribution in [-0.4, -0.2) is 24.5 Å². The van der Waals surface area contributed by atoms with Gasteiger partial charge in [0.05, 0.1) is 24.6 Å². The van der Waals surface area contributed by atoms with Gasteiger partial charge in [-0.25, -0.2) is 8.78 Å². The second-order valence-corrected chi connectivity index (χ2v) is 9.83. The minimum Gasteiger partial charge on any atom is -0.466 e. The second kappa shape index (κ2) is 13.1. The molecule has 2 aromatic carbocycles. The van der Waals surface area contributed by atoms with E-state index in [0.29, 0.717) is 22.8 Å². The maximum atomic E-state index is 16.2. The summed E-state index contributed by atoms with van der Waals surface area (Å²) in [5.74, 6) is -4.90. The Bertz CT molecular complexity index is 1220. The number of amides is 1. The summed E-state index contributed by atoms with van der Waals surface area (Å²) in [4.78, 5) is 25.6. The minimum atomic E-state index is -5.18. The van der Waals surface area contributed by atoms with E-state index in [-0.39, 0.29) is 24.5 Å². The molecule has 214 valence electrons. The van der Waals surface area contributed by atoms with Crippen LogP contribution in [0, 0.1) is 38.3 Å². The number of hydrogen-bond donors (Lipinski definition) is 2. The lowest BCUT2D eigenvalue weighted by Gasteiger charge is -2.26. The molecule has 0 saturated carbocycles. The van der Waals surface area contributed by atoms with E-state index in [2.05, 4.69) is 17.2 Å². The lowest BCUT2D eigenvalue weighted by Crippen LogP contribution is -2.45. The average molecular weight is 555 g/mol. The Hall–Kier alpha value is -3.43. The molecule has 39 heavy (non-hydrogen) atoms. The quantitative estimate of drug-likeness (QED) is 0.236. The molecule has 1 amide bonds. The molecule has 0 aliphatic carbocycles. The number of carbonyl (C=O) groups is 2. The lowest BCUT2D eigenvalue weighted by atomic mass is 9.87. The van der Waals surface area contributed by atoms with Crippen LogP contribution in [0.2, 0.25) is 0 Å². The molecule has 0 bridgehead atoms. The van der Waals surface area contributed by atoms with E-state index in [1.165, 1.54) is 13.1 Å². The summed E-state index contributed by atoms with van der Waals surface area (Å²) in [6, 6.07) is 1.11. The van der Waals surface area contributed by atoms with Gasteiger partial charge in [-0.2, -0.15) is 13.2 Å². The van der Waals surface area contributed by atoms with Gasteiger partial charge >= 0.3 is 12.1 Å². The van der Waals surface area contributed by atoms with Gasteiger partial charge in [0, 0.05) is 11.1 Å². The van der Waals surface area contributed by atoms with Crippen molar-refractivity contribution >= 4 is 11.9 Å². The van der Waals surface area contributed by atoms with Crippen LogP contribution in [0.4, 0.5) is 22.0 Å². The smallest absolute Gasteiger partial charge is 0.419 e. The largest absolute Gasteiger partial charge is 0.466 e. The van der Waals surface area contributed by atoms with E-state index in [1.807, 2.05) is 13.8 Å². The van der Waals surface area contributed by atoms with Crippen molar-refractivity contribution in [2.75, 3.05) is 6.61 Å². The normalized spacial score (nSPS) is 13.1. The molecule has 0 saturated heterocycles. The number of carbonyl (C=O) groups excluding carboxylic acids is 2. The van der Waals surface area contributed by atoms with E-state index < -0.39 is 64.9 Å². The highest BCUT2D eigenvalue weighted by molar-refractivity contribution is 5.83. The second-order valence-electron chi connectivity index (χ2n) is 9.83. The highest BCUT2D eigenvalue weighted by Gasteiger charge is 2.40. The van der Waals surface area contributed by atoms with Crippen LogP contribution in [0.5, 0.6) is 0 Å². The Kier molecular flexibility index (Phi) is 10.7. The van der Waals surface area contributed by atoms with Crippen LogP contribution in [0.25, 0.3) is 11.1 Å². The van der Waals surface area contributed by atoms with Crippen LogP contribution < -0.4 is 10.6 Å². The summed E-state index contributed by atoms with van der Waals surface area (Å²) in [7, 11) is 0. The number of ether oxygens (including phenoxy) is 1. The van der Waals surface area contributed by atoms with Crippen LogP contribution >= 0.6 is 0 Å². The summed E-state index contributed by atoms with van der Waals surface area (Å²) in [5.41, 5.74) is -1.41. The summed E-state index contributed by atoms with van der Waals surface area (Å²) >= 11 is 0. The molecule has 0 radical (unpaired) electrons. The van der Waals surface area contributed by atoms with Crippen LogP contribution in [0.15, 0.2) is 31.0 Å². The summed E-state index contributed by atoms with van der Waals surface area (Å²) in [5, 5.41) is 5.14. The molecule has 2 atom stereocenters. The number of nitrogens with one attached hydrogen (secondary N) is 2. The Morgan fingerprint density at radius 1 is 1.08 bits per heavy atom. The fourth-order valence-corrected chi connectivity index (χ4v) is 4.47. The molecular weight excluding hydrogens is 519 g/mol. The van der Waals surface area contributed by atoms with Crippen LogP contribution in [-0.2, 0) is 20.5 Å². The number of benzene rings is 2. The first-order valence-electron chi connectivity index (χ1n) is 12.6. The van der Waals surface area contributed by atoms with E-state index in [0.717, 1.165) is 0 Å². The number of rotatable bonds is 11. The van der Waals surface area contributed by atoms with Gasteiger partial charge in [0.1, 0.15) is 17.7 Å². The van der Waals surface area contributed by atoms with Crippen LogP contribution in [0.1, 0.15) is 67.5 Å². The summed E-state index contributed by atoms with van der Waals surface area (Å²) in [6.45, 7) is 13.6. The highest BCUT2D eigenvalue weighted by Crippen LogP contribution is 2.42. The molecule has 0 aromatic heterocycles.